The fourth-order valence-corrected chi connectivity index (χ4v) is 2.68. The Labute approximate surface area is 120 Å². The topological polar surface area (TPSA) is 37.8 Å². The Morgan fingerprint density at radius 3 is 2.68 bits per heavy atom. The molecule has 0 atom stereocenters. The number of aromatic nitrogens is 2. The summed E-state index contributed by atoms with van der Waals surface area (Å²) in [6, 6.07) is 13.7. The summed E-state index contributed by atoms with van der Waals surface area (Å²) in [5.41, 5.74) is 1.96. The molecule has 2 heterocycles. The summed E-state index contributed by atoms with van der Waals surface area (Å²) in [5, 5.41) is 6.02. The summed E-state index contributed by atoms with van der Waals surface area (Å²) < 4.78 is 0. The van der Waals surface area contributed by atoms with Gasteiger partial charge in [-0.3, -0.25) is 0 Å². The molecule has 19 heavy (non-hydrogen) atoms. The number of thiol groups is 1. The predicted molar refractivity (Wildman–Crippen MR) is 82.3 cm³/mol. The number of hydrogen-bond donors (Lipinski definition) is 2. The van der Waals surface area contributed by atoms with Crippen molar-refractivity contribution in [1.82, 2.24) is 9.97 Å². The molecular weight excluding hydrogens is 274 g/mol. The van der Waals surface area contributed by atoms with Gasteiger partial charge in [0, 0.05) is 22.0 Å². The van der Waals surface area contributed by atoms with Crippen molar-refractivity contribution >= 4 is 34.9 Å². The maximum atomic E-state index is 4.56. The van der Waals surface area contributed by atoms with E-state index in [0.29, 0.717) is 0 Å². The predicted octanol–water partition coefficient (Wildman–Crippen LogP) is 4.24. The molecule has 94 valence electrons. The molecule has 0 aliphatic heterocycles. The van der Waals surface area contributed by atoms with Crippen LogP contribution in [-0.4, -0.2) is 9.97 Å². The zero-order valence-corrected chi connectivity index (χ0v) is 11.7. The van der Waals surface area contributed by atoms with Crippen LogP contribution >= 0.6 is 24.0 Å². The third-order valence-corrected chi connectivity index (χ3v) is 3.73. The lowest BCUT2D eigenvalue weighted by Crippen LogP contribution is -1.91. The summed E-state index contributed by atoms with van der Waals surface area (Å²) in [5.74, 6) is 0.794. The Balaban J connectivity index is 1.86. The van der Waals surface area contributed by atoms with Crippen molar-refractivity contribution < 1.29 is 0 Å². The van der Waals surface area contributed by atoms with E-state index in [-0.39, 0.29) is 0 Å². The summed E-state index contributed by atoms with van der Waals surface area (Å²) in [7, 11) is 0. The van der Waals surface area contributed by atoms with Crippen molar-refractivity contribution in [2.75, 3.05) is 5.32 Å². The van der Waals surface area contributed by atoms with Gasteiger partial charge in [0.15, 0.2) is 5.13 Å². The molecule has 3 nitrogen and oxygen atoms in total. The third-order valence-electron chi connectivity index (χ3n) is 2.58. The smallest absolute Gasteiger partial charge is 0.188 e. The van der Waals surface area contributed by atoms with Gasteiger partial charge in [-0.25, -0.2) is 9.97 Å². The molecule has 0 aliphatic rings. The Morgan fingerprint density at radius 1 is 1.05 bits per heavy atom. The van der Waals surface area contributed by atoms with Crippen molar-refractivity contribution in [1.29, 1.82) is 0 Å². The quantitative estimate of drug-likeness (QED) is 0.707. The van der Waals surface area contributed by atoms with Gasteiger partial charge in [0.2, 0.25) is 0 Å². The average molecular weight is 285 g/mol. The van der Waals surface area contributed by atoms with Crippen LogP contribution in [0.4, 0.5) is 10.9 Å². The van der Waals surface area contributed by atoms with Crippen LogP contribution in [-0.2, 0) is 0 Å². The minimum atomic E-state index is 0.794. The van der Waals surface area contributed by atoms with E-state index in [1.54, 1.807) is 17.5 Å². The normalized spacial score (nSPS) is 10.4. The van der Waals surface area contributed by atoms with Gasteiger partial charge < -0.3 is 5.32 Å². The maximum absolute atomic E-state index is 4.56. The van der Waals surface area contributed by atoms with Crippen molar-refractivity contribution in [3.63, 3.8) is 0 Å². The summed E-state index contributed by atoms with van der Waals surface area (Å²) in [6.45, 7) is 0. The molecule has 0 spiro atoms. The second-order valence-corrected chi connectivity index (χ2v) is 5.23. The third kappa shape index (κ3) is 2.77. The molecule has 0 unspecified atom stereocenters. The van der Waals surface area contributed by atoms with E-state index in [9.17, 15) is 0 Å². The average Bonchev–Trinajstić information content (AvgIpc) is 2.89. The Bertz CT molecular complexity index is 680. The summed E-state index contributed by atoms with van der Waals surface area (Å²) in [6.07, 6.45) is 1.75. The molecule has 0 aliphatic carbocycles. The highest BCUT2D eigenvalue weighted by Gasteiger charge is 2.07. The Kier molecular flexibility index (Phi) is 3.48. The standard InChI is InChI=1S/C14H11N3S2/c18-12-6-2-1-5-10(12)11-9-19-14(16-11)17-13-7-3-4-8-15-13/h1-9,18H,(H,15,16,17). The molecule has 1 aromatic carbocycles. The lowest BCUT2D eigenvalue weighted by atomic mass is 10.2. The van der Waals surface area contributed by atoms with Gasteiger partial charge in [0.25, 0.3) is 0 Å². The zero-order chi connectivity index (χ0) is 13.1. The molecular formula is C14H11N3S2. The number of thiazole rings is 1. The van der Waals surface area contributed by atoms with Crippen LogP contribution in [0.3, 0.4) is 0 Å². The number of nitrogens with one attached hydrogen (secondary N) is 1. The van der Waals surface area contributed by atoms with E-state index in [0.717, 1.165) is 27.1 Å². The first-order valence-corrected chi connectivity index (χ1v) is 7.07. The van der Waals surface area contributed by atoms with Crippen LogP contribution in [0.1, 0.15) is 0 Å². The van der Waals surface area contributed by atoms with E-state index >= 15 is 0 Å². The minimum Gasteiger partial charge on any atom is -0.316 e. The zero-order valence-electron chi connectivity index (χ0n) is 9.95. The lowest BCUT2D eigenvalue weighted by Gasteiger charge is -2.01. The number of pyridine rings is 1. The van der Waals surface area contributed by atoms with E-state index in [4.69, 9.17) is 0 Å². The second kappa shape index (κ2) is 5.42. The second-order valence-electron chi connectivity index (χ2n) is 3.90. The first kappa shape index (κ1) is 12.2. The molecule has 0 bridgehead atoms. The van der Waals surface area contributed by atoms with Crippen LogP contribution in [0.15, 0.2) is 58.9 Å². The maximum Gasteiger partial charge on any atom is 0.188 e. The Hall–Kier alpha value is -1.85. The number of rotatable bonds is 3. The van der Waals surface area contributed by atoms with Gasteiger partial charge in [0.05, 0.1) is 5.69 Å². The van der Waals surface area contributed by atoms with Crippen molar-refractivity contribution in [3.05, 3.63) is 54.0 Å². The van der Waals surface area contributed by atoms with E-state index in [1.807, 2.05) is 47.8 Å². The molecule has 0 fully saturated rings. The monoisotopic (exact) mass is 285 g/mol. The first-order chi connectivity index (χ1) is 9.33. The molecule has 3 aromatic rings. The highest BCUT2D eigenvalue weighted by atomic mass is 32.1. The number of anilines is 2. The molecule has 1 N–H and O–H groups in total. The van der Waals surface area contributed by atoms with Gasteiger partial charge in [-0.05, 0) is 18.2 Å². The molecule has 2 aromatic heterocycles. The number of benzene rings is 1. The molecule has 0 amide bonds. The van der Waals surface area contributed by atoms with Gasteiger partial charge in [-0.1, -0.05) is 24.3 Å². The van der Waals surface area contributed by atoms with Gasteiger partial charge in [0.1, 0.15) is 5.82 Å². The van der Waals surface area contributed by atoms with Crippen LogP contribution in [0.5, 0.6) is 0 Å². The van der Waals surface area contributed by atoms with Crippen LogP contribution in [0.25, 0.3) is 11.3 Å². The number of nitrogens with zero attached hydrogens (tertiary/aromatic N) is 2. The van der Waals surface area contributed by atoms with Crippen molar-refractivity contribution in [2.45, 2.75) is 4.90 Å². The van der Waals surface area contributed by atoms with E-state index in [2.05, 4.69) is 27.9 Å². The van der Waals surface area contributed by atoms with E-state index < -0.39 is 0 Å². The van der Waals surface area contributed by atoms with Crippen molar-refractivity contribution in [2.24, 2.45) is 0 Å². The van der Waals surface area contributed by atoms with Gasteiger partial charge >= 0.3 is 0 Å². The highest BCUT2D eigenvalue weighted by molar-refractivity contribution is 7.80. The van der Waals surface area contributed by atoms with Gasteiger partial charge in [-0.15, -0.1) is 24.0 Å². The summed E-state index contributed by atoms with van der Waals surface area (Å²) >= 11 is 6.00. The molecule has 3 rings (SSSR count). The van der Waals surface area contributed by atoms with Crippen molar-refractivity contribution in [3.8, 4) is 11.3 Å². The molecule has 0 saturated carbocycles. The fraction of sp³-hybridized carbons (Fsp3) is 0. The van der Waals surface area contributed by atoms with Crippen LogP contribution in [0.2, 0.25) is 0 Å². The lowest BCUT2D eigenvalue weighted by molar-refractivity contribution is 1.28. The fourth-order valence-electron chi connectivity index (χ4n) is 1.69. The first-order valence-electron chi connectivity index (χ1n) is 5.75. The van der Waals surface area contributed by atoms with Crippen LogP contribution in [0, 0.1) is 0 Å². The van der Waals surface area contributed by atoms with Crippen LogP contribution < -0.4 is 5.32 Å². The largest absolute Gasteiger partial charge is 0.316 e. The van der Waals surface area contributed by atoms with Gasteiger partial charge in [-0.2, -0.15) is 0 Å². The molecule has 0 saturated heterocycles. The summed E-state index contributed by atoms with van der Waals surface area (Å²) in [4.78, 5) is 9.70. The Morgan fingerprint density at radius 2 is 1.89 bits per heavy atom. The molecule has 5 heteroatoms. The van der Waals surface area contributed by atoms with E-state index in [1.165, 1.54) is 0 Å². The number of hydrogen-bond acceptors (Lipinski definition) is 5. The minimum absolute atomic E-state index is 0.794. The molecule has 0 radical (unpaired) electrons. The highest BCUT2D eigenvalue weighted by Crippen LogP contribution is 2.30. The SMILES string of the molecule is Sc1ccccc1-c1csc(Nc2ccccn2)n1.